The van der Waals surface area contributed by atoms with E-state index in [2.05, 4.69) is 27.8 Å². The average molecular weight is 339 g/mol. The molecule has 0 radical (unpaired) electrons. The second-order valence-electron chi connectivity index (χ2n) is 3.96. The fourth-order valence-corrected chi connectivity index (χ4v) is 2.48. The lowest BCUT2D eigenvalue weighted by Gasteiger charge is -2.09. The summed E-state index contributed by atoms with van der Waals surface area (Å²) >= 11 is 4.96. The number of benzene rings is 1. The summed E-state index contributed by atoms with van der Waals surface area (Å²) in [6, 6.07) is 9.74. The van der Waals surface area contributed by atoms with Crippen LogP contribution in [-0.4, -0.2) is 11.6 Å². The van der Waals surface area contributed by atoms with E-state index < -0.39 is 0 Å². The number of nitrogen functional groups attached to an aromatic ring is 1. The van der Waals surface area contributed by atoms with Crippen molar-refractivity contribution < 1.29 is 4.74 Å². The molecule has 3 nitrogen and oxygen atoms in total. The topological polar surface area (TPSA) is 48.1 Å². The summed E-state index contributed by atoms with van der Waals surface area (Å²) in [5, 5.41) is 0.939. The summed E-state index contributed by atoms with van der Waals surface area (Å²) in [6.45, 7) is 2.75. The summed E-state index contributed by atoms with van der Waals surface area (Å²) in [6.07, 6.45) is 2.75. The molecule has 1 aromatic carbocycles. The van der Waals surface area contributed by atoms with E-state index in [4.69, 9.17) is 10.5 Å². The first-order valence-electron chi connectivity index (χ1n) is 6.01. The number of nitrogens with two attached hydrogens (primary N) is 1. The van der Waals surface area contributed by atoms with Crippen LogP contribution in [0.3, 0.4) is 0 Å². The molecule has 2 aromatic rings. The number of anilines is 1. The van der Waals surface area contributed by atoms with Gasteiger partial charge >= 0.3 is 0 Å². The van der Waals surface area contributed by atoms with E-state index in [9.17, 15) is 0 Å². The zero-order chi connectivity index (χ0) is 13.7. The Balaban J connectivity index is 2.14. The van der Waals surface area contributed by atoms with Gasteiger partial charge in [-0.2, -0.15) is 0 Å². The normalized spacial score (nSPS) is 10.4. The summed E-state index contributed by atoms with van der Waals surface area (Å²) in [4.78, 5) is 5.40. The molecule has 2 N–H and O–H groups in total. The van der Waals surface area contributed by atoms with Crippen molar-refractivity contribution in [2.24, 2.45) is 0 Å². The molecule has 0 saturated heterocycles. The summed E-state index contributed by atoms with van der Waals surface area (Å²) in [7, 11) is 0. The zero-order valence-corrected chi connectivity index (χ0v) is 13.0. The lowest BCUT2D eigenvalue weighted by Crippen LogP contribution is -1.99. The van der Waals surface area contributed by atoms with Gasteiger partial charge in [-0.25, -0.2) is 4.98 Å². The molecule has 0 bridgehead atoms. The largest absolute Gasteiger partial charge is 0.491 e. The standard InChI is InChI=1S/C14H15BrN2OS/c1-2-7-18-13-8-11(4-5-12(13)16)19-14-6-3-10(15)9-17-14/h3-6,8-9H,2,7,16H2,1H3. The van der Waals surface area contributed by atoms with Crippen molar-refractivity contribution in [3.63, 3.8) is 0 Å². The molecule has 0 atom stereocenters. The van der Waals surface area contributed by atoms with Crippen LogP contribution in [0.1, 0.15) is 13.3 Å². The lowest BCUT2D eigenvalue weighted by molar-refractivity contribution is 0.318. The molecule has 0 unspecified atom stereocenters. The van der Waals surface area contributed by atoms with Crippen LogP contribution >= 0.6 is 27.7 Å². The number of ether oxygens (including phenoxy) is 1. The van der Waals surface area contributed by atoms with Crippen LogP contribution in [0.25, 0.3) is 0 Å². The maximum Gasteiger partial charge on any atom is 0.143 e. The van der Waals surface area contributed by atoms with Crippen LogP contribution in [0.5, 0.6) is 5.75 Å². The molecule has 0 aliphatic heterocycles. The van der Waals surface area contributed by atoms with E-state index in [1.54, 1.807) is 18.0 Å². The van der Waals surface area contributed by atoms with Gasteiger partial charge in [-0.15, -0.1) is 0 Å². The van der Waals surface area contributed by atoms with Crippen LogP contribution < -0.4 is 10.5 Å². The Morgan fingerprint density at radius 3 is 2.84 bits per heavy atom. The SMILES string of the molecule is CCCOc1cc(Sc2ccc(Br)cn2)ccc1N. The maximum absolute atomic E-state index is 5.89. The van der Waals surface area contributed by atoms with Crippen LogP contribution in [-0.2, 0) is 0 Å². The van der Waals surface area contributed by atoms with Gasteiger partial charge in [-0.1, -0.05) is 18.7 Å². The molecule has 0 fully saturated rings. The number of hydrogen-bond acceptors (Lipinski definition) is 4. The Morgan fingerprint density at radius 1 is 1.32 bits per heavy atom. The number of halogens is 1. The number of pyridine rings is 1. The third-order valence-corrected chi connectivity index (χ3v) is 3.78. The average Bonchev–Trinajstić information content (AvgIpc) is 2.42. The molecule has 0 aliphatic carbocycles. The van der Waals surface area contributed by atoms with Gasteiger partial charge in [0, 0.05) is 15.6 Å². The van der Waals surface area contributed by atoms with Crippen molar-refractivity contribution in [1.29, 1.82) is 0 Å². The van der Waals surface area contributed by atoms with E-state index in [-0.39, 0.29) is 0 Å². The molecular formula is C14H15BrN2OS. The Kier molecular flexibility index (Phi) is 5.10. The van der Waals surface area contributed by atoms with E-state index in [0.29, 0.717) is 12.3 Å². The predicted octanol–water partition coefficient (Wildman–Crippen LogP) is 4.37. The van der Waals surface area contributed by atoms with Crippen LogP contribution in [0.2, 0.25) is 0 Å². The smallest absolute Gasteiger partial charge is 0.143 e. The summed E-state index contributed by atoms with van der Waals surface area (Å²) in [5.41, 5.74) is 6.56. The maximum atomic E-state index is 5.89. The monoisotopic (exact) mass is 338 g/mol. The van der Waals surface area contributed by atoms with E-state index in [1.807, 2.05) is 30.3 Å². The van der Waals surface area contributed by atoms with Gasteiger partial charge in [-0.05, 0) is 52.7 Å². The lowest BCUT2D eigenvalue weighted by atomic mass is 10.3. The second kappa shape index (κ2) is 6.82. The molecule has 0 saturated carbocycles. The highest BCUT2D eigenvalue weighted by Gasteiger charge is 2.04. The zero-order valence-electron chi connectivity index (χ0n) is 10.6. The first-order chi connectivity index (χ1) is 9.19. The molecule has 5 heteroatoms. The highest BCUT2D eigenvalue weighted by Crippen LogP contribution is 2.32. The van der Waals surface area contributed by atoms with Crippen molar-refractivity contribution in [2.75, 3.05) is 12.3 Å². The van der Waals surface area contributed by atoms with Crippen LogP contribution in [0.4, 0.5) is 5.69 Å². The molecule has 100 valence electrons. The molecule has 0 aliphatic rings. The molecule has 1 aromatic heterocycles. The van der Waals surface area contributed by atoms with Crippen molar-refractivity contribution in [3.8, 4) is 5.75 Å². The van der Waals surface area contributed by atoms with Crippen molar-refractivity contribution in [2.45, 2.75) is 23.3 Å². The van der Waals surface area contributed by atoms with Gasteiger partial charge < -0.3 is 10.5 Å². The molecule has 2 rings (SSSR count). The summed E-state index contributed by atoms with van der Waals surface area (Å²) in [5.74, 6) is 0.740. The molecule has 1 heterocycles. The third kappa shape index (κ3) is 4.14. The number of rotatable bonds is 5. The minimum atomic E-state index is 0.668. The Hall–Kier alpha value is -1.20. The fourth-order valence-electron chi connectivity index (χ4n) is 1.46. The molecule has 19 heavy (non-hydrogen) atoms. The van der Waals surface area contributed by atoms with E-state index >= 15 is 0 Å². The van der Waals surface area contributed by atoms with Crippen LogP contribution in [0.15, 0.2) is 50.9 Å². The van der Waals surface area contributed by atoms with E-state index in [1.165, 1.54) is 0 Å². The quantitative estimate of drug-likeness (QED) is 0.822. The fraction of sp³-hybridized carbons (Fsp3) is 0.214. The van der Waals surface area contributed by atoms with E-state index in [0.717, 1.165) is 26.6 Å². The summed E-state index contributed by atoms with van der Waals surface area (Å²) < 4.78 is 6.59. The van der Waals surface area contributed by atoms with Crippen molar-refractivity contribution >= 4 is 33.4 Å². The van der Waals surface area contributed by atoms with Crippen LogP contribution in [0, 0.1) is 0 Å². The highest BCUT2D eigenvalue weighted by atomic mass is 79.9. The van der Waals surface area contributed by atoms with Crippen molar-refractivity contribution in [1.82, 2.24) is 4.98 Å². The third-order valence-electron chi connectivity index (χ3n) is 2.37. The van der Waals surface area contributed by atoms with Gasteiger partial charge in [0.1, 0.15) is 10.8 Å². The first kappa shape index (κ1) is 14.2. The minimum Gasteiger partial charge on any atom is -0.491 e. The van der Waals surface area contributed by atoms with Gasteiger partial charge in [-0.3, -0.25) is 0 Å². The van der Waals surface area contributed by atoms with Gasteiger partial charge in [0.2, 0.25) is 0 Å². The molecule has 0 spiro atoms. The first-order valence-corrected chi connectivity index (χ1v) is 7.61. The Labute approximate surface area is 125 Å². The molecule has 0 amide bonds. The minimum absolute atomic E-state index is 0.668. The Bertz CT molecular complexity index is 546. The van der Waals surface area contributed by atoms with Gasteiger partial charge in [0.25, 0.3) is 0 Å². The Morgan fingerprint density at radius 2 is 2.16 bits per heavy atom. The number of aromatic nitrogens is 1. The number of nitrogens with zero attached hydrogens (tertiary/aromatic N) is 1. The molecular weight excluding hydrogens is 324 g/mol. The van der Waals surface area contributed by atoms with Crippen molar-refractivity contribution in [3.05, 3.63) is 41.0 Å². The number of hydrogen-bond donors (Lipinski definition) is 1. The second-order valence-corrected chi connectivity index (χ2v) is 5.97. The van der Waals surface area contributed by atoms with Gasteiger partial charge in [0.05, 0.1) is 12.3 Å². The van der Waals surface area contributed by atoms with Gasteiger partial charge in [0.15, 0.2) is 0 Å². The highest BCUT2D eigenvalue weighted by molar-refractivity contribution is 9.10. The predicted molar refractivity (Wildman–Crippen MR) is 82.7 cm³/mol.